The average Bonchev–Trinajstić information content (AvgIpc) is 3.30. The first-order valence-corrected chi connectivity index (χ1v) is 11.1. The molecule has 1 saturated heterocycles. The Kier molecular flexibility index (Phi) is 6.56. The highest BCUT2D eigenvalue weighted by Gasteiger charge is 2.31. The molecular formula is C18H23F2N7O2S. The monoisotopic (exact) mass is 439 g/mol. The van der Waals surface area contributed by atoms with Gasteiger partial charge in [-0.15, -0.1) is 0 Å². The summed E-state index contributed by atoms with van der Waals surface area (Å²) < 4.78 is 50.1. The van der Waals surface area contributed by atoms with E-state index in [1.165, 1.54) is 18.6 Å². The number of halogens is 2. The molecule has 2 aromatic rings. The van der Waals surface area contributed by atoms with Crippen molar-refractivity contribution in [3.05, 3.63) is 30.5 Å². The Hall–Kier alpha value is -2.73. The minimum absolute atomic E-state index is 0.159. The number of allylic oxidation sites excluding steroid dienone is 1. The van der Waals surface area contributed by atoms with Gasteiger partial charge in [0.15, 0.2) is 0 Å². The lowest BCUT2D eigenvalue weighted by atomic mass is 9.99. The van der Waals surface area contributed by atoms with Crippen LogP contribution in [0.1, 0.15) is 12.7 Å². The van der Waals surface area contributed by atoms with E-state index in [-0.39, 0.29) is 11.8 Å². The lowest BCUT2D eigenvalue weighted by molar-refractivity contribution is 0.226. The molecule has 2 atom stereocenters. The van der Waals surface area contributed by atoms with Crippen LogP contribution >= 0.6 is 0 Å². The molecule has 0 bridgehead atoms. The number of nitrogens with zero attached hydrogens (tertiary/aromatic N) is 4. The van der Waals surface area contributed by atoms with Gasteiger partial charge >= 0.3 is 0 Å². The van der Waals surface area contributed by atoms with Crippen molar-refractivity contribution in [3.63, 3.8) is 0 Å². The Morgan fingerprint density at radius 2 is 2.17 bits per heavy atom. The Balaban J connectivity index is 1.70. The van der Waals surface area contributed by atoms with E-state index < -0.39 is 22.2 Å². The summed E-state index contributed by atoms with van der Waals surface area (Å²) in [5, 5.41) is 7.14. The zero-order valence-electron chi connectivity index (χ0n) is 16.5. The van der Waals surface area contributed by atoms with Gasteiger partial charge in [0.25, 0.3) is 6.43 Å². The number of H-pyrrole nitrogens is 1. The van der Waals surface area contributed by atoms with E-state index in [0.29, 0.717) is 36.1 Å². The van der Waals surface area contributed by atoms with Gasteiger partial charge in [-0.2, -0.15) is 0 Å². The molecule has 1 aliphatic heterocycles. The first kappa shape index (κ1) is 22.0. The maximum atomic E-state index is 12.4. The number of hydrogen-bond acceptors (Lipinski definition) is 7. The first-order chi connectivity index (χ1) is 14.1. The molecule has 0 aliphatic carbocycles. The van der Waals surface area contributed by atoms with Gasteiger partial charge < -0.3 is 9.88 Å². The number of nitrogens with one attached hydrogen (secondary N) is 3. The number of sulfonamides is 1. The molecule has 12 heteroatoms. The van der Waals surface area contributed by atoms with Crippen molar-refractivity contribution in [1.82, 2.24) is 24.7 Å². The van der Waals surface area contributed by atoms with Gasteiger partial charge in [-0.1, -0.05) is 6.92 Å². The summed E-state index contributed by atoms with van der Waals surface area (Å²) in [4.78, 5) is 17.7. The molecule has 0 radical (unpaired) electrons. The second-order valence-electron chi connectivity index (χ2n) is 7.30. The first-order valence-electron chi connectivity index (χ1n) is 9.24. The summed E-state index contributed by atoms with van der Waals surface area (Å²) in [5.74, 6) is 1.48. The van der Waals surface area contributed by atoms with Crippen LogP contribution in [0, 0.1) is 17.2 Å². The van der Waals surface area contributed by atoms with Crippen molar-refractivity contribution in [2.45, 2.75) is 13.3 Å². The average molecular weight is 439 g/mol. The Morgan fingerprint density at radius 3 is 2.87 bits per heavy atom. The number of hydrogen-bond donors (Lipinski definition) is 3. The largest absolute Gasteiger partial charge is 0.356 e. The summed E-state index contributed by atoms with van der Waals surface area (Å²) in [6.07, 6.45) is 3.57. The predicted molar refractivity (Wildman–Crippen MR) is 110 cm³/mol. The predicted octanol–water partition coefficient (Wildman–Crippen LogP) is 1.79. The molecule has 1 fully saturated rings. The molecule has 162 valence electrons. The van der Waals surface area contributed by atoms with Crippen molar-refractivity contribution in [3.8, 4) is 11.4 Å². The smallest absolute Gasteiger partial charge is 0.279 e. The number of anilines is 1. The standard InChI is InChI=1S/C18H23F2N7O2S/c1-11-8-27(9-12(11)6-25-30(2,28)29)17-5-14(23-10-24-17)15-7-22-16(26-15)4-3-13(21)18(19)20/h3-5,7,10-12,18,21,25H,6,8-9H2,1-2H3,(H,22,26)/b4-3-,21-13?. The van der Waals surface area contributed by atoms with Crippen LogP contribution in [-0.2, 0) is 10.0 Å². The SMILES string of the molecule is CC1CN(c2cc(-c3cnc(/C=C\C(=N)C(F)F)[nH]3)ncn2)CC1CNS(C)(=O)=O. The van der Waals surface area contributed by atoms with Gasteiger partial charge in [-0.3, -0.25) is 5.41 Å². The fraction of sp³-hybridized carbons (Fsp3) is 0.444. The minimum atomic E-state index is -3.24. The number of alkyl halides is 2. The van der Waals surface area contributed by atoms with E-state index in [2.05, 4.69) is 36.5 Å². The van der Waals surface area contributed by atoms with Crippen molar-refractivity contribution < 1.29 is 17.2 Å². The van der Waals surface area contributed by atoms with Crippen LogP contribution in [0.5, 0.6) is 0 Å². The third-order valence-corrected chi connectivity index (χ3v) is 5.57. The molecule has 3 N–H and O–H groups in total. The van der Waals surface area contributed by atoms with Gasteiger partial charge in [0.2, 0.25) is 10.0 Å². The van der Waals surface area contributed by atoms with Crippen LogP contribution in [0.2, 0.25) is 0 Å². The highest BCUT2D eigenvalue weighted by molar-refractivity contribution is 7.88. The topological polar surface area (TPSA) is 128 Å². The van der Waals surface area contributed by atoms with Crippen molar-refractivity contribution in [2.24, 2.45) is 11.8 Å². The summed E-state index contributed by atoms with van der Waals surface area (Å²) in [6.45, 7) is 3.84. The summed E-state index contributed by atoms with van der Waals surface area (Å²) >= 11 is 0. The summed E-state index contributed by atoms with van der Waals surface area (Å²) in [5.41, 5.74) is 0.381. The number of rotatable bonds is 8. The lowest BCUT2D eigenvalue weighted by Gasteiger charge is -2.17. The molecule has 0 spiro atoms. The maximum Gasteiger partial charge on any atom is 0.279 e. The zero-order chi connectivity index (χ0) is 21.9. The fourth-order valence-electron chi connectivity index (χ4n) is 3.21. The van der Waals surface area contributed by atoms with Crippen molar-refractivity contribution in [2.75, 3.05) is 30.8 Å². The third kappa shape index (κ3) is 5.66. The minimum Gasteiger partial charge on any atom is -0.356 e. The second-order valence-corrected chi connectivity index (χ2v) is 9.13. The van der Waals surface area contributed by atoms with Gasteiger partial charge in [0.05, 0.1) is 29.6 Å². The highest BCUT2D eigenvalue weighted by atomic mass is 32.2. The van der Waals surface area contributed by atoms with E-state index in [0.717, 1.165) is 18.9 Å². The van der Waals surface area contributed by atoms with Crippen LogP contribution in [0.4, 0.5) is 14.6 Å². The van der Waals surface area contributed by atoms with Gasteiger partial charge in [0.1, 0.15) is 18.0 Å². The second kappa shape index (κ2) is 8.96. The van der Waals surface area contributed by atoms with Crippen LogP contribution in [0.3, 0.4) is 0 Å². The summed E-state index contributed by atoms with van der Waals surface area (Å²) in [7, 11) is -3.24. The van der Waals surface area contributed by atoms with E-state index >= 15 is 0 Å². The molecule has 1 aliphatic rings. The molecule has 2 aromatic heterocycles. The Labute approximate surface area is 173 Å². The van der Waals surface area contributed by atoms with E-state index in [1.807, 2.05) is 0 Å². The normalized spacial score (nSPS) is 19.8. The number of aromatic amines is 1. The zero-order valence-corrected chi connectivity index (χ0v) is 17.3. The lowest BCUT2D eigenvalue weighted by Crippen LogP contribution is -2.31. The Bertz CT molecular complexity index is 1040. The molecule has 9 nitrogen and oxygen atoms in total. The fourth-order valence-corrected chi connectivity index (χ4v) is 3.72. The summed E-state index contributed by atoms with van der Waals surface area (Å²) in [6, 6.07) is 1.79. The highest BCUT2D eigenvalue weighted by Crippen LogP contribution is 2.28. The number of imidazole rings is 1. The van der Waals surface area contributed by atoms with Gasteiger partial charge in [-0.25, -0.2) is 36.9 Å². The molecule has 3 rings (SSSR count). The molecule has 0 aromatic carbocycles. The van der Waals surface area contributed by atoms with E-state index in [1.54, 1.807) is 6.07 Å². The number of aromatic nitrogens is 4. The van der Waals surface area contributed by atoms with Crippen LogP contribution in [-0.4, -0.2) is 66.4 Å². The van der Waals surface area contributed by atoms with Crippen molar-refractivity contribution >= 4 is 27.6 Å². The molecule has 3 heterocycles. The van der Waals surface area contributed by atoms with Crippen LogP contribution in [0.15, 0.2) is 24.7 Å². The van der Waals surface area contributed by atoms with E-state index in [9.17, 15) is 17.2 Å². The van der Waals surface area contributed by atoms with Gasteiger partial charge in [0, 0.05) is 25.7 Å². The van der Waals surface area contributed by atoms with E-state index in [4.69, 9.17) is 5.41 Å². The molecule has 0 amide bonds. The molecule has 30 heavy (non-hydrogen) atoms. The third-order valence-electron chi connectivity index (χ3n) is 4.88. The molecule has 0 saturated carbocycles. The van der Waals surface area contributed by atoms with Crippen molar-refractivity contribution in [1.29, 1.82) is 5.41 Å². The van der Waals surface area contributed by atoms with Gasteiger partial charge in [-0.05, 0) is 24.0 Å². The Morgan fingerprint density at radius 1 is 1.40 bits per heavy atom. The molecular weight excluding hydrogens is 416 g/mol. The van der Waals surface area contributed by atoms with Crippen LogP contribution in [0.25, 0.3) is 17.5 Å². The molecule has 2 unspecified atom stereocenters. The quantitative estimate of drug-likeness (QED) is 0.538. The maximum absolute atomic E-state index is 12.4. The van der Waals surface area contributed by atoms with Crippen LogP contribution < -0.4 is 9.62 Å².